The van der Waals surface area contributed by atoms with Crippen molar-refractivity contribution in [3.8, 4) is 0 Å². The zero-order valence-corrected chi connectivity index (χ0v) is 18.6. The van der Waals surface area contributed by atoms with Gasteiger partial charge in [-0.25, -0.2) is 17.7 Å². The molecule has 3 rings (SSSR count). The molecule has 3 aromatic rings. The van der Waals surface area contributed by atoms with Gasteiger partial charge in [0, 0.05) is 40.5 Å². The predicted octanol–water partition coefficient (Wildman–Crippen LogP) is 2.68. The number of benzene rings is 2. The van der Waals surface area contributed by atoms with E-state index in [4.69, 9.17) is 0 Å². The van der Waals surface area contributed by atoms with E-state index in [1.54, 1.807) is 18.2 Å². The topological polar surface area (TPSA) is 84.3 Å². The zero-order chi connectivity index (χ0) is 21.9. The summed E-state index contributed by atoms with van der Waals surface area (Å²) < 4.78 is 27.8. The largest absolute Gasteiger partial charge is 0.355 e. The van der Waals surface area contributed by atoms with Gasteiger partial charge in [0.25, 0.3) is 0 Å². The van der Waals surface area contributed by atoms with Crippen LogP contribution < -0.4 is 5.32 Å². The lowest BCUT2D eigenvalue weighted by molar-refractivity contribution is -0.121. The van der Waals surface area contributed by atoms with Crippen molar-refractivity contribution in [1.29, 1.82) is 0 Å². The van der Waals surface area contributed by atoms with Gasteiger partial charge >= 0.3 is 0 Å². The molecular formula is C22H28N4O3S. The summed E-state index contributed by atoms with van der Waals surface area (Å²) in [5.74, 6) is 0.958. The lowest BCUT2D eigenvalue weighted by Gasteiger charge is -2.13. The van der Waals surface area contributed by atoms with Gasteiger partial charge in [0.15, 0.2) is 0 Å². The Labute approximate surface area is 177 Å². The molecule has 0 spiro atoms. The minimum atomic E-state index is -3.52. The second-order valence-corrected chi connectivity index (χ2v) is 9.79. The summed E-state index contributed by atoms with van der Waals surface area (Å²) in [4.78, 5) is 17.1. The highest BCUT2D eigenvalue weighted by atomic mass is 32.2. The van der Waals surface area contributed by atoms with Crippen molar-refractivity contribution in [3.63, 3.8) is 0 Å². The average Bonchev–Trinajstić information content (AvgIpc) is 3.06. The molecule has 2 aromatic carbocycles. The van der Waals surface area contributed by atoms with Gasteiger partial charge in [-0.05, 0) is 29.7 Å². The molecule has 1 amide bonds. The number of aryl methyl sites for hydroxylation is 2. The molecule has 0 aliphatic carbocycles. The summed E-state index contributed by atoms with van der Waals surface area (Å²) in [6, 6.07) is 15.0. The summed E-state index contributed by atoms with van der Waals surface area (Å²) >= 11 is 0. The molecule has 0 aliphatic rings. The Hall–Kier alpha value is -2.71. The number of nitrogens with one attached hydrogen (secondary N) is 1. The van der Waals surface area contributed by atoms with Gasteiger partial charge in [0.1, 0.15) is 5.82 Å². The van der Waals surface area contributed by atoms with Crippen molar-refractivity contribution in [2.75, 3.05) is 20.6 Å². The fourth-order valence-electron chi connectivity index (χ4n) is 3.30. The monoisotopic (exact) mass is 428 g/mol. The van der Waals surface area contributed by atoms with E-state index in [1.807, 2.05) is 29.8 Å². The number of aromatic nitrogens is 2. The number of hydrogen-bond donors (Lipinski definition) is 1. The molecule has 0 radical (unpaired) electrons. The van der Waals surface area contributed by atoms with E-state index in [0.717, 1.165) is 11.3 Å². The third kappa shape index (κ3) is 4.71. The maximum absolute atomic E-state index is 12.4. The van der Waals surface area contributed by atoms with Crippen LogP contribution in [0.5, 0.6) is 0 Å². The molecule has 0 aliphatic heterocycles. The first-order valence-corrected chi connectivity index (χ1v) is 11.3. The maximum Gasteiger partial charge on any atom is 0.242 e. The third-order valence-corrected chi connectivity index (χ3v) is 7.08. The van der Waals surface area contributed by atoms with Crippen LogP contribution in [0, 0.1) is 0 Å². The van der Waals surface area contributed by atoms with Crippen LogP contribution in [0.25, 0.3) is 11.0 Å². The normalized spacial score (nSPS) is 13.0. The molecule has 0 unspecified atom stereocenters. The Balaban J connectivity index is 1.64. The Morgan fingerprint density at radius 3 is 2.53 bits per heavy atom. The first-order valence-electron chi connectivity index (χ1n) is 9.89. The summed E-state index contributed by atoms with van der Waals surface area (Å²) in [5, 5.41) is 2.99. The van der Waals surface area contributed by atoms with Crippen molar-refractivity contribution in [2.24, 2.45) is 7.05 Å². The number of sulfonamides is 1. The van der Waals surface area contributed by atoms with E-state index in [-0.39, 0.29) is 16.7 Å². The molecule has 7 nitrogen and oxygen atoms in total. The smallest absolute Gasteiger partial charge is 0.242 e. The van der Waals surface area contributed by atoms with E-state index in [0.29, 0.717) is 24.9 Å². The average molecular weight is 429 g/mol. The molecule has 0 bridgehead atoms. The van der Waals surface area contributed by atoms with Gasteiger partial charge in [-0.1, -0.05) is 37.3 Å². The lowest BCUT2D eigenvalue weighted by atomic mass is 10.0. The Morgan fingerprint density at radius 1 is 1.17 bits per heavy atom. The van der Waals surface area contributed by atoms with Gasteiger partial charge < -0.3 is 9.88 Å². The van der Waals surface area contributed by atoms with Gasteiger partial charge in [-0.15, -0.1) is 0 Å². The van der Waals surface area contributed by atoms with Crippen molar-refractivity contribution in [3.05, 3.63) is 59.9 Å². The highest BCUT2D eigenvalue weighted by molar-refractivity contribution is 7.89. The number of hydrogen-bond acceptors (Lipinski definition) is 4. The Bertz CT molecular complexity index is 1140. The van der Waals surface area contributed by atoms with Gasteiger partial charge in [0.05, 0.1) is 15.9 Å². The molecule has 1 N–H and O–H groups in total. The first kappa shape index (κ1) is 22.0. The quantitative estimate of drug-likeness (QED) is 0.598. The van der Waals surface area contributed by atoms with Crippen LogP contribution >= 0.6 is 0 Å². The molecule has 1 atom stereocenters. The molecule has 1 heterocycles. The summed E-state index contributed by atoms with van der Waals surface area (Å²) in [5.41, 5.74) is 2.63. The fraction of sp³-hybridized carbons (Fsp3) is 0.364. The molecule has 0 saturated carbocycles. The van der Waals surface area contributed by atoms with Gasteiger partial charge in [-0.2, -0.15) is 0 Å². The van der Waals surface area contributed by atoms with Crippen LogP contribution in [0.2, 0.25) is 0 Å². The Kier molecular flexibility index (Phi) is 6.58. The number of carbonyl (C=O) groups excluding carboxylic acids is 1. The lowest BCUT2D eigenvalue weighted by Crippen LogP contribution is -2.27. The van der Waals surface area contributed by atoms with Crippen LogP contribution in [0.1, 0.15) is 30.7 Å². The highest BCUT2D eigenvalue weighted by Gasteiger charge is 2.19. The van der Waals surface area contributed by atoms with E-state index < -0.39 is 10.0 Å². The van der Waals surface area contributed by atoms with Crippen molar-refractivity contribution < 1.29 is 13.2 Å². The molecule has 160 valence electrons. The minimum Gasteiger partial charge on any atom is -0.355 e. The SMILES string of the molecule is C[C@H](CNC(=O)CCc1nc2cc(S(=O)(=O)N(C)C)ccc2n1C)c1ccccc1. The fourth-order valence-corrected chi connectivity index (χ4v) is 4.23. The van der Waals surface area contributed by atoms with Crippen LogP contribution in [0.15, 0.2) is 53.4 Å². The number of nitrogens with zero attached hydrogens (tertiary/aromatic N) is 3. The van der Waals surface area contributed by atoms with E-state index >= 15 is 0 Å². The second kappa shape index (κ2) is 8.97. The molecule has 8 heteroatoms. The highest BCUT2D eigenvalue weighted by Crippen LogP contribution is 2.22. The molecular weight excluding hydrogens is 400 g/mol. The second-order valence-electron chi connectivity index (χ2n) is 7.64. The number of fused-ring (bicyclic) bond motifs is 1. The molecule has 1 aromatic heterocycles. The number of amides is 1. The minimum absolute atomic E-state index is 0.0271. The van der Waals surface area contributed by atoms with Crippen molar-refractivity contribution in [1.82, 2.24) is 19.2 Å². The van der Waals surface area contributed by atoms with Crippen molar-refractivity contribution >= 4 is 27.0 Å². The number of imidazole rings is 1. The van der Waals surface area contributed by atoms with E-state index in [1.165, 1.54) is 24.0 Å². The van der Waals surface area contributed by atoms with Crippen molar-refractivity contribution in [2.45, 2.75) is 30.6 Å². The zero-order valence-electron chi connectivity index (χ0n) is 17.8. The van der Waals surface area contributed by atoms with Crippen LogP contribution in [-0.4, -0.2) is 48.8 Å². The van der Waals surface area contributed by atoms with E-state index in [2.05, 4.69) is 29.4 Å². The van der Waals surface area contributed by atoms with Crippen LogP contribution in [0.4, 0.5) is 0 Å². The van der Waals surface area contributed by atoms with Crippen LogP contribution in [0.3, 0.4) is 0 Å². The predicted molar refractivity (Wildman–Crippen MR) is 118 cm³/mol. The summed E-state index contributed by atoms with van der Waals surface area (Å²) in [6.45, 7) is 2.66. The van der Waals surface area contributed by atoms with Gasteiger partial charge in [-0.3, -0.25) is 4.79 Å². The maximum atomic E-state index is 12.4. The first-order chi connectivity index (χ1) is 14.2. The summed E-state index contributed by atoms with van der Waals surface area (Å²) in [7, 11) is 1.36. The van der Waals surface area contributed by atoms with E-state index in [9.17, 15) is 13.2 Å². The number of rotatable bonds is 8. The standard InChI is InChI=1S/C22H28N4O3S/c1-16(17-8-6-5-7-9-17)15-23-22(27)13-12-21-24-19-14-18(30(28,29)25(2)3)10-11-20(19)26(21)4/h5-11,14,16H,12-13,15H2,1-4H3,(H,23,27)/t16-/m1/s1. The van der Waals surface area contributed by atoms with Gasteiger partial charge in [0.2, 0.25) is 15.9 Å². The molecule has 0 saturated heterocycles. The Morgan fingerprint density at radius 2 is 1.87 bits per heavy atom. The number of carbonyl (C=O) groups is 1. The third-order valence-electron chi connectivity index (χ3n) is 5.27. The molecule has 30 heavy (non-hydrogen) atoms. The molecule has 0 fully saturated rings. The summed E-state index contributed by atoms with van der Waals surface area (Å²) in [6.07, 6.45) is 0.800. The van der Waals surface area contributed by atoms with Crippen LogP contribution in [-0.2, 0) is 28.3 Å².